The third-order valence-electron chi connectivity index (χ3n) is 5.84. The Morgan fingerprint density at radius 2 is 1.68 bits per heavy atom. The lowest BCUT2D eigenvalue weighted by Gasteiger charge is -2.23. The third kappa shape index (κ3) is 7.39. The first-order valence-corrected chi connectivity index (χ1v) is 11.7. The number of rotatable bonds is 13. The van der Waals surface area contributed by atoms with Gasteiger partial charge in [-0.1, -0.05) is 18.2 Å². The molecule has 0 spiro atoms. The number of aliphatic carboxylic acids is 1. The number of carboxylic acid groups (broad SMARTS) is 1. The highest BCUT2D eigenvalue weighted by Gasteiger charge is 2.30. The van der Waals surface area contributed by atoms with E-state index in [1.54, 1.807) is 12.3 Å². The second-order valence-corrected chi connectivity index (χ2v) is 8.81. The lowest BCUT2D eigenvalue weighted by molar-refractivity contribution is -0.142. The number of nitrogens with one attached hydrogen (secondary N) is 5. The molecule has 0 saturated heterocycles. The Morgan fingerprint density at radius 3 is 2.34 bits per heavy atom. The van der Waals surface area contributed by atoms with Gasteiger partial charge in [-0.15, -0.1) is 0 Å². The van der Waals surface area contributed by atoms with Gasteiger partial charge in [0.25, 0.3) is 0 Å². The average Bonchev–Trinajstić information content (AvgIpc) is 3.52. The van der Waals surface area contributed by atoms with Gasteiger partial charge in [0.15, 0.2) is 0 Å². The SMILES string of the molecule is CC(NC(=O)C(N)Cc1cnc[nH]1)C(=O)NC(CC(N)=O)C(=O)NC(Cc1c[nH]c2ccccc12)C(=O)O. The fraction of sp³-hybridized carbons (Fsp3) is 0.333. The zero-order valence-electron chi connectivity index (χ0n) is 20.6. The number of primary amides is 1. The van der Waals surface area contributed by atoms with Crippen molar-refractivity contribution in [2.45, 2.75) is 50.4 Å². The molecule has 0 aliphatic carbocycles. The van der Waals surface area contributed by atoms with E-state index in [2.05, 4.69) is 30.9 Å². The molecule has 4 atom stereocenters. The number of carboxylic acids is 1. The number of hydrogen-bond acceptors (Lipinski definition) is 7. The van der Waals surface area contributed by atoms with Crippen molar-refractivity contribution >= 4 is 40.5 Å². The Hall–Kier alpha value is -4.72. The molecular formula is C24H30N8O6. The standard InChI is InChI=1S/C24H30N8O6/c1-12(30-22(35)16(25)7-14-10-27-11-29-14)21(34)31-18(8-20(26)33)23(36)32-19(24(37)38)6-13-9-28-17-5-3-2-4-15(13)17/h2-5,9-12,16,18-19,28H,6-8,25H2,1H3,(H2,26,33)(H,27,29)(H,30,35)(H,31,34)(H,32,36)(H,37,38). The molecule has 2 aromatic heterocycles. The van der Waals surface area contributed by atoms with Gasteiger partial charge in [-0.3, -0.25) is 19.2 Å². The van der Waals surface area contributed by atoms with E-state index < -0.39 is 60.2 Å². The first-order valence-electron chi connectivity index (χ1n) is 11.7. The van der Waals surface area contributed by atoms with E-state index in [9.17, 15) is 29.1 Å². The predicted molar refractivity (Wildman–Crippen MR) is 135 cm³/mol. The maximum Gasteiger partial charge on any atom is 0.326 e. The van der Waals surface area contributed by atoms with Gasteiger partial charge < -0.3 is 42.5 Å². The van der Waals surface area contributed by atoms with E-state index >= 15 is 0 Å². The summed E-state index contributed by atoms with van der Waals surface area (Å²) in [4.78, 5) is 71.2. The van der Waals surface area contributed by atoms with Crippen LogP contribution < -0.4 is 27.4 Å². The molecule has 14 heteroatoms. The molecule has 0 saturated carbocycles. The molecular weight excluding hydrogens is 496 g/mol. The molecule has 3 aromatic rings. The van der Waals surface area contributed by atoms with E-state index in [1.807, 2.05) is 18.2 Å². The number of para-hydroxylation sites is 1. The second kappa shape index (κ2) is 12.5. The van der Waals surface area contributed by atoms with Crippen LogP contribution in [-0.2, 0) is 36.8 Å². The number of carbonyl (C=O) groups is 5. The fourth-order valence-corrected chi connectivity index (χ4v) is 3.81. The van der Waals surface area contributed by atoms with Gasteiger partial charge in [0.05, 0.1) is 18.8 Å². The number of benzene rings is 1. The van der Waals surface area contributed by atoms with Crippen LogP contribution in [0.15, 0.2) is 43.0 Å². The topological polar surface area (TPSA) is 238 Å². The summed E-state index contributed by atoms with van der Waals surface area (Å²) in [7, 11) is 0. The lowest BCUT2D eigenvalue weighted by Crippen LogP contribution is -2.57. The van der Waals surface area contributed by atoms with Crippen LogP contribution in [0, 0.1) is 0 Å². The highest BCUT2D eigenvalue weighted by atomic mass is 16.4. The Balaban J connectivity index is 1.63. The number of amides is 4. The van der Waals surface area contributed by atoms with Crippen LogP contribution in [0.25, 0.3) is 10.9 Å². The number of carbonyl (C=O) groups excluding carboxylic acids is 4. The van der Waals surface area contributed by atoms with Gasteiger partial charge >= 0.3 is 5.97 Å². The molecule has 4 amide bonds. The van der Waals surface area contributed by atoms with Crippen molar-refractivity contribution in [2.24, 2.45) is 11.5 Å². The number of nitrogens with zero attached hydrogens (tertiary/aromatic N) is 1. The summed E-state index contributed by atoms with van der Waals surface area (Å²) < 4.78 is 0. The number of nitrogens with two attached hydrogens (primary N) is 2. The van der Waals surface area contributed by atoms with Crippen LogP contribution in [0.4, 0.5) is 0 Å². The quantitative estimate of drug-likeness (QED) is 0.129. The van der Waals surface area contributed by atoms with Crippen molar-refractivity contribution in [2.75, 3.05) is 0 Å². The van der Waals surface area contributed by atoms with Crippen molar-refractivity contribution < 1.29 is 29.1 Å². The van der Waals surface area contributed by atoms with Crippen molar-refractivity contribution in [3.63, 3.8) is 0 Å². The summed E-state index contributed by atoms with van der Waals surface area (Å²) in [5.41, 5.74) is 13.2. The summed E-state index contributed by atoms with van der Waals surface area (Å²) in [6.45, 7) is 1.37. The summed E-state index contributed by atoms with van der Waals surface area (Å²) in [5.74, 6) is -4.54. The summed E-state index contributed by atoms with van der Waals surface area (Å²) in [5, 5.41) is 17.6. The normalized spacial score (nSPS) is 14.2. The zero-order valence-corrected chi connectivity index (χ0v) is 20.6. The maximum atomic E-state index is 12.9. The number of aromatic amines is 2. The summed E-state index contributed by atoms with van der Waals surface area (Å²) in [6.07, 6.45) is 4.12. The summed E-state index contributed by atoms with van der Waals surface area (Å²) in [6, 6.07) is 2.35. The number of aromatic nitrogens is 3. The van der Waals surface area contributed by atoms with Gasteiger partial charge in [0, 0.05) is 41.8 Å². The second-order valence-electron chi connectivity index (χ2n) is 8.81. The first-order chi connectivity index (χ1) is 18.0. The van der Waals surface area contributed by atoms with E-state index in [1.165, 1.54) is 19.4 Å². The molecule has 0 fully saturated rings. The molecule has 38 heavy (non-hydrogen) atoms. The van der Waals surface area contributed by atoms with Gasteiger partial charge in [-0.2, -0.15) is 0 Å². The zero-order chi connectivity index (χ0) is 27.8. The van der Waals surface area contributed by atoms with Crippen LogP contribution in [0.5, 0.6) is 0 Å². The molecule has 1 aromatic carbocycles. The predicted octanol–water partition coefficient (Wildman–Crippen LogP) is -1.56. The Bertz CT molecular complexity index is 1300. The molecule has 4 unspecified atom stereocenters. The number of hydrogen-bond donors (Lipinski definition) is 8. The minimum atomic E-state index is -1.47. The van der Waals surface area contributed by atoms with E-state index in [4.69, 9.17) is 11.5 Å². The van der Waals surface area contributed by atoms with E-state index in [0.29, 0.717) is 11.3 Å². The number of H-pyrrole nitrogens is 2. The van der Waals surface area contributed by atoms with Crippen LogP contribution >= 0.6 is 0 Å². The largest absolute Gasteiger partial charge is 0.480 e. The highest BCUT2D eigenvalue weighted by Crippen LogP contribution is 2.19. The van der Waals surface area contributed by atoms with Crippen molar-refractivity contribution in [1.29, 1.82) is 0 Å². The molecule has 14 nitrogen and oxygen atoms in total. The smallest absolute Gasteiger partial charge is 0.326 e. The average molecular weight is 527 g/mol. The van der Waals surface area contributed by atoms with Gasteiger partial charge in [-0.25, -0.2) is 9.78 Å². The Kier molecular flexibility index (Phi) is 9.16. The van der Waals surface area contributed by atoms with Crippen LogP contribution in [0.2, 0.25) is 0 Å². The van der Waals surface area contributed by atoms with Crippen molar-refractivity contribution in [3.8, 4) is 0 Å². The molecule has 3 rings (SSSR count). The van der Waals surface area contributed by atoms with Gasteiger partial charge in [0.1, 0.15) is 18.1 Å². The molecule has 0 aliphatic rings. The van der Waals surface area contributed by atoms with Crippen LogP contribution in [0.1, 0.15) is 24.6 Å². The molecule has 0 radical (unpaired) electrons. The van der Waals surface area contributed by atoms with Gasteiger partial charge in [0.2, 0.25) is 23.6 Å². The Morgan fingerprint density at radius 1 is 0.974 bits per heavy atom. The van der Waals surface area contributed by atoms with E-state index in [-0.39, 0.29) is 12.8 Å². The highest BCUT2D eigenvalue weighted by molar-refractivity contribution is 5.96. The monoisotopic (exact) mass is 526 g/mol. The first kappa shape index (κ1) is 27.9. The minimum absolute atomic E-state index is 0.0526. The Labute approximate surface area is 216 Å². The summed E-state index contributed by atoms with van der Waals surface area (Å²) >= 11 is 0. The third-order valence-corrected chi connectivity index (χ3v) is 5.84. The van der Waals surface area contributed by atoms with Crippen LogP contribution in [0.3, 0.4) is 0 Å². The minimum Gasteiger partial charge on any atom is -0.480 e. The molecule has 10 N–H and O–H groups in total. The molecule has 0 bridgehead atoms. The molecule has 202 valence electrons. The van der Waals surface area contributed by atoms with Crippen molar-refractivity contribution in [1.82, 2.24) is 30.9 Å². The number of fused-ring (bicyclic) bond motifs is 1. The lowest BCUT2D eigenvalue weighted by atomic mass is 10.0. The number of imidazole rings is 1. The van der Waals surface area contributed by atoms with Gasteiger partial charge in [-0.05, 0) is 18.6 Å². The maximum absolute atomic E-state index is 12.9. The van der Waals surface area contributed by atoms with E-state index in [0.717, 1.165) is 10.9 Å². The van der Waals surface area contributed by atoms with Crippen LogP contribution in [-0.4, -0.2) is 73.8 Å². The molecule has 0 aliphatic heterocycles. The molecule has 2 heterocycles. The fourth-order valence-electron chi connectivity index (χ4n) is 3.81. The van der Waals surface area contributed by atoms with Crippen molar-refractivity contribution in [3.05, 3.63) is 54.2 Å².